The maximum absolute atomic E-state index is 8.88. The Bertz CT molecular complexity index is 650. The van der Waals surface area contributed by atoms with Gasteiger partial charge in [0.25, 0.3) is 0 Å². The van der Waals surface area contributed by atoms with Crippen molar-refractivity contribution in [2.45, 2.75) is 6.92 Å². The third kappa shape index (κ3) is 2.55. The molecule has 0 fully saturated rings. The van der Waals surface area contributed by atoms with E-state index in [0.29, 0.717) is 11.3 Å². The highest BCUT2D eigenvalue weighted by atomic mass is 16.5. The van der Waals surface area contributed by atoms with E-state index in [1.807, 2.05) is 13.0 Å². The van der Waals surface area contributed by atoms with E-state index < -0.39 is 0 Å². The molecule has 19 heavy (non-hydrogen) atoms. The first-order valence-electron chi connectivity index (χ1n) is 5.48. The predicted molar refractivity (Wildman–Crippen MR) is 69.0 cm³/mol. The zero-order valence-corrected chi connectivity index (χ0v) is 10.5. The number of hydrogen-bond acceptors (Lipinski definition) is 6. The van der Waals surface area contributed by atoms with Crippen LogP contribution in [-0.2, 0) is 0 Å². The number of nitriles is 1. The highest BCUT2D eigenvalue weighted by Crippen LogP contribution is 2.32. The molecule has 1 heterocycles. The summed E-state index contributed by atoms with van der Waals surface area (Å²) in [6, 6.07) is 7.19. The first kappa shape index (κ1) is 12.6. The number of nitrogens with two attached hydrogens (primary N) is 1. The lowest BCUT2D eigenvalue weighted by atomic mass is 10.1. The van der Waals surface area contributed by atoms with Gasteiger partial charge in [0, 0.05) is 0 Å². The molecule has 0 aliphatic rings. The molecule has 0 radical (unpaired) electrons. The van der Waals surface area contributed by atoms with Gasteiger partial charge in [-0.1, -0.05) is 6.07 Å². The van der Waals surface area contributed by atoms with Crippen molar-refractivity contribution in [3.05, 3.63) is 35.7 Å². The molecule has 0 amide bonds. The molecule has 6 nitrogen and oxygen atoms in total. The zero-order chi connectivity index (χ0) is 13.8. The van der Waals surface area contributed by atoms with Gasteiger partial charge in [0.05, 0.1) is 18.7 Å². The molecule has 0 aliphatic heterocycles. The Hall–Kier alpha value is -2.81. The van der Waals surface area contributed by atoms with Crippen LogP contribution in [0.5, 0.6) is 17.5 Å². The summed E-state index contributed by atoms with van der Waals surface area (Å²) in [5.41, 5.74) is 7.41. The lowest BCUT2D eigenvalue weighted by Gasteiger charge is -2.11. The molecule has 2 N–H and O–H groups in total. The normalized spacial score (nSPS) is 9.74. The summed E-state index contributed by atoms with van der Waals surface area (Å²) in [6.45, 7) is 1.87. The van der Waals surface area contributed by atoms with Gasteiger partial charge < -0.3 is 15.2 Å². The van der Waals surface area contributed by atoms with Gasteiger partial charge in [0.2, 0.25) is 11.8 Å². The molecule has 2 aromatic rings. The number of benzene rings is 1. The van der Waals surface area contributed by atoms with E-state index in [2.05, 4.69) is 9.97 Å². The second-order valence-corrected chi connectivity index (χ2v) is 3.80. The second-order valence-electron chi connectivity index (χ2n) is 3.80. The van der Waals surface area contributed by atoms with E-state index in [-0.39, 0.29) is 17.4 Å². The first-order valence-corrected chi connectivity index (χ1v) is 5.48. The minimum absolute atomic E-state index is 0.199. The van der Waals surface area contributed by atoms with Crippen LogP contribution in [-0.4, -0.2) is 17.1 Å². The van der Waals surface area contributed by atoms with Gasteiger partial charge in [-0.2, -0.15) is 15.2 Å². The van der Waals surface area contributed by atoms with E-state index in [9.17, 15) is 0 Å². The number of ether oxygens (including phenoxy) is 2. The van der Waals surface area contributed by atoms with Crippen molar-refractivity contribution < 1.29 is 9.47 Å². The third-order valence-corrected chi connectivity index (χ3v) is 2.53. The molecule has 0 unspecified atom stereocenters. The molecule has 1 aromatic carbocycles. The molecule has 0 aliphatic carbocycles. The Morgan fingerprint density at radius 2 is 2.00 bits per heavy atom. The van der Waals surface area contributed by atoms with Crippen LogP contribution >= 0.6 is 0 Å². The molecular formula is C13H12N4O2. The summed E-state index contributed by atoms with van der Waals surface area (Å²) in [6.07, 6.45) is 1.30. The van der Waals surface area contributed by atoms with Gasteiger partial charge in [0.15, 0.2) is 5.69 Å². The van der Waals surface area contributed by atoms with Crippen molar-refractivity contribution in [1.82, 2.24) is 9.97 Å². The van der Waals surface area contributed by atoms with Crippen molar-refractivity contribution in [1.29, 1.82) is 5.26 Å². The van der Waals surface area contributed by atoms with Gasteiger partial charge in [-0.15, -0.1) is 0 Å². The van der Waals surface area contributed by atoms with Crippen LogP contribution in [0.4, 0.5) is 5.69 Å². The summed E-state index contributed by atoms with van der Waals surface area (Å²) in [5, 5.41) is 8.88. The number of nitrogen functional groups attached to an aromatic ring is 1. The molecule has 0 bridgehead atoms. The Labute approximate surface area is 110 Å². The monoisotopic (exact) mass is 256 g/mol. The van der Waals surface area contributed by atoms with Crippen LogP contribution in [0, 0.1) is 18.3 Å². The van der Waals surface area contributed by atoms with E-state index in [4.69, 9.17) is 20.5 Å². The molecule has 6 heteroatoms. The van der Waals surface area contributed by atoms with Crippen molar-refractivity contribution in [3.8, 4) is 23.6 Å². The Balaban J connectivity index is 2.39. The fourth-order valence-electron chi connectivity index (χ4n) is 1.49. The number of aromatic nitrogens is 2. The SMILES string of the molecule is COc1ncnc(Oc2cc(C#N)ccc2C)c1N. The van der Waals surface area contributed by atoms with Gasteiger partial charge >= 0.3 is 0 Å². The van der Waals surface area contributed by atoms with Crippen LogP contribution in [0.3, 0.4) is 0 Å². The topological polar surface area (TPSA) is 94.0 Å². The molecule has 0 saturated heterocycles. The molecule has 0 spiro atoms. The minimum atomic E-state index is 0.199. The fraction of sp³-hybridized carbons (Fsp3) is 0.154. The Morgan fingerprint density at radius 3 is 2.68 bits per heavy atom. The molecule has 0 saturated carbocycles. The zero-order valence-electron chi connectivity index (χ0n) is 10.5. The van der Waals surface area contributed by atoms with Crippen LogP contribution in [0.1, 0.15) is 11.1 Å². The van der Waals surface area contributed by atoms with Gasteiger partial charge in [-0.05, 0) is 24.6 Å². The quantitative estimate of drug-likeness (QED) is 0.903. The lowest BCUT2D eigenvalue weighted by molar-refractivity contribution is 0.391. The van der Waals surface area contributed by atoms with Gasteiger partial charge in [-0.3, -0.25) is 0 Å². The van der Waals surface area contributed by atoms with Crippen LogP contribution in [0.2, 0.25) is 0 Å². The second kappa shape index (κ2) is 5.23. The number of hydrogen-bond donors (Lipinski definition) is 1. The third-order valence-electron chi connectivity index (χ3n) is 2.53. The highest BCUT2D eigenvalue weighted by Gasteiger charge is 2.12. The maximum Gasteiger partial charge on any atom is 0.249 e. The van der Waals surface area contributed by atoms with Gasteiger partial charge in [0.1, 0.15) is 12.1 Å². The predicted octanol–water partition coefficient (Wildman–Crippen LogP) is 2.04. The van der Waals surface area contributed by atoms with Crippen molar-refractivity contribution in [2.24, 2.45) is 0 Å². The Kier molecular flexibility index (Phi) is 3.48. The maximum atomic E-state index is 8.88. The van der Waals surface area contributed by atoms with Crippen molar-refractivity contribution in [3.63, 3.8) is 0 Å². The number of methoxy groups -OCH3 is 1. The standard InChI is InChI=1S/C13H12N4O2/c1-8-3-4-9(6-14)5-10(8)19-13-11(15)12(18-2)16-7-17-13/h3-5,7H,15H2,1-2H3. The fourth-order valence-corrected chi connectivity index (χ4v) is 1.49. The van der Waals surface area contributed by atoms with Crippen molar-refractivity contribution >= 4 is 5.69 Å². The lowest BCUT2D eigenvalue weighted by Crippen LogP contribution is -2.01. The summed E-state index contributed by atoms with van der Waals surface area (Å²) >= 11 is 0. The van der Waals surface area contributed by atoms with Gasteiger partial charge in [-0.25, -0.2) is 0 Å². The molecule has 0 atom stereocenters. The smallest absolute Gasteiger partial charge is 0.249 e. The van der Waals surface area contributed by atoms with Crippen molar-refractivity contribution in [2.75, 3.05) is 12.8 Å². The average Bonchev–Trinajstić information content (AvgIpc) is 2.43. The van der Waals surface area contributed by atoms with E-state index in [0.717, 1.165) is 5.56 Å². The average molecular weight is 256 g/mol. The largest absolute Gasteiger partial charge is 0.479 e. The minimum Gasteiger partial charge on any atom is -0.479 e. The number of nitrogens with zero attached hydrogens (tertiary/aromatic N) is 3. The summed E-state index contributed by atoms with van der Waals surface area (Å²) < 4.78 is 10.6. The summed E-state index contributed by atoms with van der Waals surface area (Å²) in [7, 11) is 1.46. The van der Waals surface area contributed by atoms with E-state index in [1.54, 1.807) is 18.2 Å². The molecule has 2 rings (SSSR count). The number of aryl methyl sites for hydroxylation is 1. The molecular weight excluding hydrogens is 244 g/mol. The van der Waals surface area contributed by atoms with Crippen LogP contribution in [0.15, 0.2) is 24.5 Å². The number of anilines is 1. The first-order chi connectivity index (χ1) is 9.15. The van der Waals surface area contributed by atoms with E-state index in [1.165, 1.54) is 13.4 Å². The number of rotatable bonds is 3. The van der Waals surface area contributed by atoms with Crippen LogP contribution in [0.25, 0.3) is 0 Å². The summed E-state index contributed by atoms with van der Waals surface area (Å²) in [5.74, 6) is 0.968. The highest BCUT2D eigenvalue weighted by molar-refractivity contribution is 5.57. The molecule has 1 aromatic heterocycles. The summed E-state index contributed by atoms with van der Waals surface area (Å²) in [4.78, 5) is 7.82. The molecule has 96 valence electrons. The van der Waals surface area contributed by atoms with E-state index >= 15 is 0 Å². The van der Waals surface area contributed by atoms with Crippen LogP contribution < -0.4 is 15.2 Å². The Morgan fingerprint density at radius 1 is 1.26 bits per heavy atom.